The zero-order valence-corrected chi connectivity index (χ0v) is 21.2. The monoisotopic (exact) mass is 472 g/mol. The molecule has 0 amide bonds. The van der Waals surface area contributed by atoms with Gasteiger partial charge in [-0.3, -0.25) is 4.79 Å². The molecule has 1 fully saturated rings. The summed E-state index contributed by atoms with van der Waals surface area (Å²) in [7, 11) is 0. The van der Waals surface area contributed by atoms with Gasteiger partial charge in [0.1, 0.15) is 10.7 Å². The first-order valence-corrected chi connectivity index (χ1v) is 13.6. The van der Waals surface area contributed by atoms with Gasteiger partial charge in [0.25, 0.3) is 0 Å². The van der Waals surface area contributed by atoms with Crippen molar-refractivity contribution >= 4 is 23.1 Å². The first-order chi connectivity index (χ1) is 15.9. The van der Waals surface area contributed by atoms with Crippen molar-refractivity contribution in [3.05, 3.63) is 45.7 Å². The molecule has 1 aromatic heterocycles. The predicted molar refractivity (Wildman–Crippen MR) is 135 cm³/mol. The highest BCUT2D eigenvalue weighted by Crippen LogP contribution is 2.41. The summed E-state index contributed by atoms with van der Waals surface area (Å²) < 4.78 is 5.28. The van der Waals surface area contributed by atoms with Crippen LogP contribution in [0.5, 0.6) is 0 Å². The number of aryl methyl sites for hydroxylation is 1. The van der Waals surface area contributed by atoms with E-state index < -0.39 is 0 Å². The second-order valence-corrected chi connectivity index (χ2v) is 11.0. The van der Waals surface area contributed by atoms with Crippen molar-refractivity contribution in [2.24, 2.45) is 17.8 Å². The quantitative estimate of drug-likeness (QED) is 0.272. The molecule has 33 heavy (non-hydrogen) atoms. The average molecular weight is 473 g/mol. The fraction of sp³-hybridized carbons (Fsp3) is 0.643. The van der Waals surface area contributed by atoms with Gasteiger partial charge in [0.15, 0.2) is 0 Å². The number of aliphatic hydroxyl groups is 1. The van der Waals surface area contributed by atoms with Crippen molar-refractivity contribution in [1.82, 2.24) is 0 Å². The van der Waals surface area contributed by atoms with E-state index in [1.165, 1.54) is 16.2 Å². The maximum atomic E-state index is 12.7. The third kappa shape index (κ3) is 7.38. The lowest BCUT2D eigenvalue weighted by Crippen LogP contribution is -2.25. The van der Waals surface area contributed by atoms with Crippen LogP contribution >= 0.6 is 11.3 Å². The first kappa shape index (κ1) is 25.9. The average Bonchev–Trinajstić information content (AvgIpc) is 3.40. The topological polar surface area (TPSA) is 63.6 Å². The van der Waals surface area contributed by atoms with Gasteiger partial charge < -0.3 is 9.84 Å². The number of Topliss-reactive ketones (excluding diaryl/α,β-unsaturated/α-hetero) is 1. The Morgan fingerprint density at radius 1 is 1.24 bits per heavy atom. The molecule has 2 aliphatic rings. The van der Waals surface area contributed by atoms with Gasteiger partial charge in [0, 0.05) is 17.2 Å². The van der Waals surface area contributed by atoms with Crippen LogP contribution < -0.4 is 0 Å². The number of esters is 1. The molecule has 0 spiro atoms. The maximum absolute atomic E-state index is 12.7. The van der Waals surface area contributed by atoms with E-state index >= 15 is 0 Å². The van der Waals surface area contributed by atoms with Crippen LogP contribution in [0.4, 0.5) is 0 Å². The van der Waals surface area contributed by atoms with Crippen molar-refractivity contribution in [2.75, 3.05) is 0 Å². The molecule has 2 unspecified atom stereocenters. The van der Waals surface area contributed by atoms with Crippen LogP contribution in [-0.4, -0.2) is 29.1 Å². The number of aliphatic hydroxyl groups excluding tert-OH is 1. The van der Waals surface area contributed by atoms with Crippen LogP contribution in [0.15, 0.2) is 35.9 Å². The minimum Gasteiger partial charge on any atom is -0.459 e. The van der Waals surface area contributed by atoms with E-state index in [1.807, 2.05) is 26.0 Å². The molecule has 1 saturated carbocycles. The third-order valence-corrected chi connectivity index (χ3v) is 8.06. The van der Waals surface area contributed by atoms with Gasteiger partial charge in [-0.15, -0.1) is 11.3 Å². The smallest absolute Gasteiger partial charge is 0.348 e. The molecule has 1 aromatic rings. The van der Waals surface area contributed by atoms with Crippen molar-refractivity contribution in [3.63, 3.8) is 0 Å². The molecule has 1 heterocycles. The van der Waals surface area contributed by atoms with Gasteiger partial charge in [0.05, 0.1) is 12.2 Å². The van der Waals surface area contributed by atoms with Gasteiger partial charge in [0.2, 0.25) is 0 Å². The predicted octanol–water partition coefficient (Wildman–Crippen LogP) is 6.68. The minimum atomic E-state index is -0.377. The van der Waals surface area contributed by atoms with Crippen LogP contribution in [0.1, 0.15) is 93.1 Å². The summed E-state index contributed by atoms with van der Waals surface area (Å²) >= 11 is 1.52. The molecule has 5 heteroatoms. The van der Waals surface area contributed by atoms with Crippen molar-refractivity contribution < 1.29 is 19.4 Å². The highest BCUT2D eigenvalue weighted by molar-refractivity contribution is 7.13. The molecule has 2 aliphatic carbocycles. The number of carbonyl (C=O) groups excluding carboxylic acids is 2. The first-order valence-electron chi connectivity index (χ1n) is 12.8. The zero-order valence-electron chi connectivity index (χ0n) is 20.4. The normalized spacial score (nSPS) is 23.7. The van der Waals surface area contributed by atoms with Gasteiger partial charge in [-0.05, 0) is 81.9 Å². The standard InChI is InChI=1S/C28H40O4S/c1-4-5-6-10-24(29)20-11-13-22(14-12-20)27-21(15-17-25(27)30)8-7-9-23-16-18-26(33-23)28(31)32-19(2)3/h11-13,16,18-19,21-22,24,27,29H,4-10,14-15,17H2,1-3H3/t21-,22?,24?,27+/m1/s1. The summed E-state index contributed by atoms with van der Waals surface area (Å²) in [5, 5.41) is 10.4. The molecule has 182 valence electrons. The Kier molecular flexibility index (Phi) is 9.94. The van der Waals surface area contributed by atoms with Crippen LogP contribution in [0.2, 0.25) is 0 Å². The molecule has 0 bridgehead atoms. The lowest BCUT2D eigenvalue weighted by Gasteiger charge is -2.27. The number of thiophene rings is 1. The fourth-order valence-corrected chi connectivity index (χ4v) is 6.14. The molecule has 0 aliphatic heterocycles. The Morgan fingerprint density at radius 3 is 2.76 bits per heavy atom. The Labute approximate surface area is 203 Å². The lowest BCUT2D eigenvalue weighted by atomic mass is 9.77. The van der Waals surface area contributed by atoms with Gasteiger partial charge in [-0.1, -0.05) is 44.4 Å². The minimum absolute atomic E-state index is 0.107. The number of hydrogen-bond donors (Lipinski definition) is 1. The van der Waals surface area contributed by atoms with Crippen LogP contribution in [-0.2, 0) is 16.0 Å². The summed E-state index contributed by atoms with van der Waals surface area (Å²) in [6.45, 7) is 5.90. The summed E-state index contributed by atoms with van der Waals surface area (Å²) in [5.74, 6) is 0.966. The largest absolute Gasteiger partial charge is 0.459 e. The SMILES string of the molecule is CCCCCC(O)C1=CCC([C@H]2C(=O)CC[C@H]2CCCc2ccc(C(=O)OC(C)C)s2)C=C1. The number of unbranched alkanes of at least 4 members (excludes halogenated alkanes) is 2. The Balaban J connectivity index is 1.48. The Hall–Kier alpha value is -1.72. The van der Waals surface area contributed by atoms with Gasteiger partial charge in [-0.25, -0.2) is 4.79 Å². The molecular weight excluding hydrogens is 432 g/mol. The van der Waals surface area contributed by atoms with E-state index in [-0.39, 0.29) is 30.0 Å². The van der Waals surface area contributed by atoms with E-state index in [9.17, 15) is 14.7 Å². The lowest BCUT2D eigenvalue weighted by molar-refractivity contribution is -0.122. The van der Waals surface area contributed by atoms with Crippen LogP contribution in [0.25, 0.3) is 0 Å². The Bertz CT molecular complexity index is 850. The summed E-state index contributed by atoms with van der Waals surface area (Å²) in [6, 6.07) is 3.89. The van der Waals surface area contributed by atoms with Crippen molar-refractivity contribution in [2.45, 2.75) is 97.2 Å². The molecule has 0 radical (unpaired) electrons. The molecule has 0 saturated heterocycles. The number of hydrogen-bond acceptors (Lipinski definition) is 5. The van der Waals surface area contributed by atoms with E-state index in [1.54, 1.807) is 0 Å². The molecule has 3 rings (SSSR count). The number of ether oxygens (including phenoxy) is 1. The molecule has 1 N–H and O–H groups in total. The fourth-order valence-electron chi connectivity index (χ4n) is 5.20. The Morgan fingerprint density at radius 2 is 2.06 bits per heavy atom. The highest BCUT2D eigenvalue weighted by atomic mass is 32.1. The summed E-state index contributed by atoms with van der Waals surface area (Å²) in [4.78, 5) is 26.6. The number of ketones is 1. The second kappa shape index (κ2) is 12.7. The third-order valence-electron chi connectivity index (χ3n) is 6.93. The van der Waals surface area contributed by atoms with E-state index in [2.05, 4.69) is 25.2 Å². The maximum Gasteiger partial charge on any atom is 0.348 e. The molecule has 4 nitrogen and oxygen atoms in total. The van der Waals surface area contributed by atoms with Crippen molar-refractivity contribution in [3.8, 4) is 0 Å². The summed E-state index contributed by atoms with van der Waals surface area (Å²) in [6.07, 6.45) is 15.7. The van der Waals surface area contributed by atoms with E-state index in [4.69, 9.17) is 4.74 Å². The number of carbonyl (C=O) groups is 2. The highest BCUT2D eigenvalue weighted by Gasteiger charge is 2.38. The zero-order chi connectivity index (χ0) is 23.8. The van der Waals surface area contributed by atoms with Crippen LogP contribution in [0, 0.1) is 17.8 Å². The summed E-state index contributed by atoms with van der Waals surface area (Å²) in [5.41, 5.74) is 1.02. The van der Waals surface area contributed by atoms with Gasteiger partial charge in [-0.2, -0.15) is 0 Å². The van der Waals surface area contributed by atoms with Crippen molar-refractivity contribution in [1.29, 1.82) is 0 Å². The van der Waals surface area contributed by atoms with Gasteiger partial charge >= 0.3 is 5.97 Å². The van der Waals surface area contributed by atoms with E-state index in [0.29, 0.717) is 23.0 Å². The molecule has 0 aromatic carbocycles. The molecule has 4 atom stereocenters. The molecular formula is C28H40O4S. The second-order valence-electron chi connectivity index (χ2n) is 9.88. The number of rotatable bonds is 12. The number of allylic oxidation sites excluding steroid dienone is 2. The van der Waals surface area contributed by atoms with Crippen LogP contribution in [0.3, 0.4) is 0 Å². The van der Waals surface area contributed by atoms with E-state index in [0.717, 1.165) is 63.4 Å².